The molecule has 3 rings (SSSR count). The first-order valence-electron chi connectivity index (χ1n) is 8.48. The van der Waals surface area contributed by atoms with Crippen LogP contribution in [0.4, 0.5) is 5.69 Å². The molecule has 0 bridgehead atoms. The summed E-state index contributed by atoms with van der Waals surface area (Å²) in [4.78, 5) is 13.4. The summed E-state index contributed by atoms with van der Waals surface area (Å²) in [6.07, 6.45) is 0. The summed E-state index contributed by atoms with van der Waals surface area (Å²) in [6, 6.07) is 11.8. The number of carbonyl (C=O) groups is 1. The zero-order valence-electron chi connectivity index (χ0n) is 15.1. The van der Waals surface area contributed by atoms with Crippen LogP contribution in [0.15, 0.2) is 36.4 Å². The zero-order valence-corrected chi connectivity index (χ0v) is 16.6. The van der Waals surface area contributed by atoms with Gasteiger partial charge >= 0.3 is 0 Å². The van der Waals surface area contributed by atoms with E-state index >= 15 is 0 Å². The van der Waals surface area contributed by atoms with E-state index in [9.17, 15) is 4.79 Å². The number of nitrogens with one attached hydrogen (secondary N) is 1. The highest BCUT2D eigenvalue weighted by Gasteiger charge is 2.26. The molecule has 0 spiro atoms. The fourth-order valence-electron chi connectivity index (χ4n) is 3.13. The average Bonchev–Trinajstić information content (AvgIpc) is 2.57. The quantitative estimate of drug-likeness (QED) is 0.741. The van der Waals surface area contributed by atoms with Crippen molar-refractivity contribution in [2.75, 3.05) is 18.9 Å². The standard InChI is InChI=1S/C18H18Cl2N2O.C2H6/c1-11(23)21-14-5-3-12(4-6-14)16-9-22(2)10-17-15(16)7-13(19)8-18(17)20;1-2/h3-8,16H,9-10H2,1-2H3,(H,21,23);1-2H3. The molecule has 1 N–H and O–H groups in total. The predicted molar refractivity (Wildman–Crippen MR) is 107 cm³/mol. The number of fused-ring (bicyclic) bond motifs is 1. The number of anilines is 1. The van der Waals surface area contributed by atoms with E-state index in [0.717, 1.165) is 29.4 Å². The van der Waals surface area contributed by atoms with Crippen LogP contribution in [0.5, 0.6) is 0 Å². The van der Waals surface area contributed by atoms with Gasteiger partial charge in [-0.2, -0.15) is 0 Å². The van der Waals surface area contributed by atoms with Crippen molar-refractivity contribution in [2.24, 2.45) is 0 Å². The largest absolute Gasteiger partial charge is 0.326 e. The molecular weight excluding hydrogens is 355 g/mol. The lowest BCUT2D eigenvalue weighted by atomic mass is 9.84. The third-order valence-corrected chi connectivity index (χ3v) is 4.68. The third-order valence-electron chi connectivity index (χ3n) is 4.13. The van der Waals surface area contributed by atoms with Gasteiger partial charge in [0.15, 0.2) is 0 Å². The van der Waals surface area contributed by atoms with Gasteiger partial charge in [0.05, 0.1) is 0 Å². The summed E-state index contributed by atoms with van der Waals surface area (Å²) in [7, 11) is 2.09. The van der Waals surface area contributed by atoms with Crippen molar-refractivity contribution in [3.8, 4) is 0 Å². The second kappa shape index (κ2) is 8.70. The second-order valence-corrected chi connectivity index (χ2v) is 6.85. The lowest BCUT2D eigenvalue weighted by Gasteiger charge is -2.33. The van der Waals surface area contributed by atoms with E-state index in [0.29, 0.717) is 5.02 Å². The lowest BCUT2D eigenvalue weighted by Crippen LogP contribution is -2.31. The van der Waals surface area contributed by atoms with E-state index in [-0.39, 0.29) is 11.8 Å². The molecular formula is C20H24Cl2N2O. The van der Waals surface area contributed by atoms with Crippen LogP contribution < -0.4 is 5.32 Å². The highest BCUT2D eigenvalue weighted by atomic mass is 35.5. The molecule has 1 amide bonds. The molecule has 1 atom stereocenters. The number of rotatable bonds is 2. The summed E-state index contributed by atoms with van der Waals surface area (Å²) in [5.41, 5.74) is 4.31. The SMILES string of the molecule is CC.CC(=O)Nc1ccc(C2CN(C)Cc3c(Cl)cc(Cl)cc32)cc1. The first-order chi connectivity index (χ1) is 11.9. The van der Waals surface area contributed by atoms with E-state index in [1.807, 2.05) is 44.2 Å². The predicted octanol–water partition coefficient (Wildman–Crippen LogP) is 5.56. The van der Waals surface area contributed by atoms with E-state index in [4.69, 9.17) is 23.2 Å². The molecule has 1 aliphatic heterocycles. The third kappa shape index (κ3) is 4.75. The first-order valence-corrected chi connectivity index (χ1v) is 9.23. The smallest absolute Gasteiger partial charge is 0.221 e. The van der Waals surface area contributed by atoms with Crippen molar-refractivity contribution in [1.29, 1.82) is 0 Å². The van der Waals surface area contributed by atoms with Gasteiger partial charge in [0, 0.05) is 41.7 Å². The van der Waals surface area contributed by atoms with Crippen LogP contribution >= 0.6 is 23.2 Å². The molecule has 2 aromatic rings. The van der Waals surface area contributed by atoms with Crippen LogP contribution in [0.3, 0.4) is 0 Å². The Morgan fingerprint density at radius 2 is 1.80 bits per heavy atom. The maximum Gasteiger partial charge on any atom is 0.221 e. The van der Waals surface area contributed by atoms with Gasteiger partial charge in [-0.25, -0.2) is 0 Å². The Kier molecular flexibility index (Phi) is 6.88. The minimum absolute atomic E-state index is 0.0703. The summed E-state index contributed by atoms with van der Waals surface area (Å²) < 4.78 is 0. The van der Waals surface area contributed by atoms with Crippen LogP contribution in [-0.4, -0.2) is 24.4 Å². The number of halogens is 2. The molecule has 1 heterocycles. The van der Waals surface area contributed by atoms with E-state index in [1.54, 1.807) is 6.07 Å². The van der Waals surface area contributed by atoms with Crippen LogP contribution in [0.1, 0.15) is 43.4 Å². The maximum atomic E-state index is 11.1. The Morgan fingerprint density at radius 1 is 1.16 bits per heavy atom. The molecule has 0 radical (unpaired) electrons. The number of benzene rings is 2. The average molecular weight is 379 g/mol. The normalized spacial score (nSPS) is 16.5. The molecule has 0 saturated carbocycles. The minimum Gasteiger partial charge on any atom is -0.326 e. The summed E-state index contributed by atoms with van der Waals surface area (Å²) in [6.45, 7) is 7.24. The van der Waals surface area contributed by atoms with Crippen molar-refractivity contribution in [2.45, 2.75) is 33.2 Å². The molecule has 0 aliphatic carbocycles. The monoisotopic (exact) mass is 378 g/mol. The number of hydrogen-bond acceptors (Lipinski definition) is 2. The van der Waals surface area contributed by atoms with Crippen LogP contribution in [0, 0.1) is 0 Å². The van der Waals surface area contributed by atoms with Gasteiger partial charge in [0.2, 0.25) is 5.91 Å². The van der Waals surface area contributed by atoms with Crippen molar-refractivity contribution in [3.63, 3.8) is 0 Å². The van der Waals surface area contributed by atoms with Gasteiger partial charge in [0.1, 0.15) is 0 Å². The van der Waals surface area contributed by atoms with E-state index < -0.39 is 0 Å². The maximum absolute atomic E-state index is 11.1. The van der Waals surface area contributed by atoms with Crippen LogP contribution in [-0.2, 0) is 11.3 Å². The highest BCUT2D eigenvalue weighted by molar-refractivity contribution is 6.35. The highest BCUT2D eigenvalue weighted by Crippen LogP contribution is 2.38. The number of nitrogens with zero attached hydrogens (tertiary/aromatic N) is 1. The topological polar surface area (TPSA) is 32.3 Å². The Hall–Kier alpha value is -1.55. The molecule has 0 saturated heterocycles. The summed E-state index contributed by atoms with van der Waals surface area (Å²) in [5, 5.41) is 4.18. The number of carbonyl (C=O) groups excluding carboxylic acids is 1. The van der Waals surface area contributed by atoms with Crippen molar-refractivity contribution >= 4 is 34.8 Å². The molecule has 0 aromatic heterocycles. The van der Waals surface area contributed by atoms with Crippen LogP contribution in [0.2, 0.25) is 10.0 Å². The second-order valence-electron chi connectivity index (χ2n) is 6.01. The van der Waals surface area contributed by atoms with Gasteiger partial charge in [-0.15, -0.1) is 0 Å². The number of hydrogen-bond donors (Lipinski definition) is 1. The zero-order chi connectivity index (χ0) is 18.6. The van der Waals surface area contributed by atoms with Crippen molar-refractivity contribution in [1.82, 2.24) is 4.90 Å². The molecule has 1 aliphatic rings. The van der Waals surface area contributed by atoms with Gasteiger partial charge in [0.25, 0.3) is 0 Å². The molecule has 25 heavy (non-hydrogen) atoms. The Labute approximate surface area is 159 Å². The Bertz CT molecular complexity index is 744. The molecule has 1 unspecified atom stereocenters. The van der Waals surface area contributed by atoms with Gasteiger partial charge in [-0.3, -0.25) is 4.79 Å². The fourth-order valence-corrected chi connectivity index (χ4v) is 3.70. The van der Waals surface area contributed by atoms with E-state index in [1.165, 1.54) is 18.1 Å². The summed E-state index contributed by atoms with van der Waals surface area (Å²) >= 11 is 12.6. The molecule has 0 fully saturated rings. The molecule has 5 heteroatoms. The van der Waals surface area contributed by atoms with Gasteiger partial charge < -0.3 is 10.2 Å². The Balaban J connectivity index is 0.00000109. The summed E-state index contributed by atoms with van der Waals surface area (Å²) in [5.74, 6) is 0.144. The Morgan fingerprint density at radius 3 is 2.40 bits per heavy atom. The van der Waals surface area contributed by atoms with Gasteiger partial charge in [-0.1, -0.05) is 49.2 Å². The number of amides is 1. The van der Waals surface area contributed by atoms with Crippen molar-refractivity contribution in [3.05, 3.63) is 63.1 Å². The number of likely N-dealkylation sites (N-methyl/N-ethyl adjacent to an activating group) is 1. The van der Waals surface area contributed by atoms with Gasteiger partial charge in [-0.05, 0) is 48.0 Å². The first kappa shape index (κ1) is 19.8. The minimum atomic E-state index is -0.0703. The van der Waals surface area contributed by atoms with E-state index in [2.05, 4.69) is 17.3 Å². The molecule has 3 nitrogen and oxygen atoms in total. The fraction of sp³-hybridized carbons (Fsp3) is 0.350. The van der Waals surface area contributed by atoms with Crippen molar-refractivity contribution < 1.29 is 4.79 Å². The molecule has 134 valence electrons. The lowest BCUT2D eigenvalue weighted by molar-refractivity contribution is -0.114. The van der Waals surface area contributed by atoms with Crippen LogP contribution in [0.25, 0.3) is 0 Å². The molecule has 2 aromatic carbocycles.